The molecule has 9 heteroatoms. The van der Waals surface area contributed by atoms with Crippen LogP contribution in [0, 0.1) is 10.1 Å². The number of amides is 1. The van der Waals surface area contributed by atoms with Crippen LogP contribution in [0.4, 0.5) is 5.69 Å². The number of nitro groups is 1. The number of hydrogen-bond donors (Lipinski definition) is 1. The van der Waals surface area contributed by atoms with Gasteiger partial charge in [-0.3, -0.25) is 19.7 Å². The second-order valence-corrected chi connectivity index (χ2v) is 5.65. The summed E-state index contributed by atoms with van der Waals surface area (Å²) in [6.45, 7) is 0.202. The number of rotatable bonds is 5. The number of pyridine rings is 1. The molecule has 0 bridgehead atoms. The summed E-state index contributed by atoms with van der Waals surface area (Å²) in [5, 5.41) is 15.1. The van der Waals surface area contributed by atoms with E-state index in [1.54, 1.807) is 17.1 Å². The van der Waals surface area contributed by atoms with Crippen molar-refractivity contribution in [2.75, 3.05) is 7.05 Å². The lowest BCUT2D eigenvalue weighted by Gasteiger charge is -2.15. The standard InChI is InChI=1S/C17H15N5O4/c1-20(17(24)15-7-14(22(25)26)9-18-16(15)23)10-12-8-19-21(11-12)13-5-3-2-4-6-13/h2-9,11H,10H2,1H3,(H,18,23). The van der Waals surface area contributed by atoms with E-state index < -0.39 is 16.4 Å². The molecule has 9 nitrogen and oxygen atoms in total. The lowest BCUT2D eigenvalue weighted by Crippen LogP contribution is -2.31. The van der Waals surface area contributed by atoms with Gasteiger partial charge in [0.1, 0.15) is 5.56 Å². The molecule has 1 aromatic carbocycles. The van der Waals surface area contributed by atoms with Crippen LogP contribution in [0.1, 0.15) is 15.9 Å². The average Bonchev–Trinajstić information content (AvgIpc) is 3.10. The van der Waals surface area contributed by atoms with Crippen molar-refractivity contribution in [2.45, 2.75) is 6.54 Å². The Bertz CT molecular complexity index is 1010. The van der Waals surface area contributed by atoms with E-state index >= 15 is 0 Å². The molecule has 0 aliphatic heterocycles. The summed E-state index contributed by atoms with van der Waals surface area (Å²) in [7, 11) is 1.51. The number of carbonyl (C=O) groups excluding carboxylic acids is 1. The van der Waals surface area contributed by atoms with Crippen molar-refractivity contribution in [3.05, 3.63) is 86.6 Å². The highest BCUT2D eigenvalue weighted by molar-refractivity contribution is 5.94. The van der Waals surface area contributed by atoms with Crippen molar-refractivity contribution in [3.63, 3.8) is 0 Å². The van der Waals surface area contributed by atoms with Crippen molar-refractivity contribution in [3.8, 4) is 5.69 Å². The van der Waals surface area contributed by atoms with Gasteiger partial charge in [0.2, 0.25) is 0 Å². The van der Waals surface area contributed by atoms with Crippen LogP contribution in [-0.2, 0) is 6.54 Å². The molecule has 132 valence electrons. The largest absolute Gasteiger partial charge is 0.337 e. The topological polar surface area (TPSA) is 114 Å². The third kappa shape index (κ3) is 3.51. The molecule has 1 amide bonds. The van der Waals surface area contributed by atoms with Crippen molar-refractivity contribution in [1.82, 2.24) is 19.7 Å². The molecule has 26 heavy (non-hydrogen) atoms. The number of aromatic nitrogens is 3. The second kappa shape index (κ2) is 7.01. The summed E-state index contributed by atoms with van der Waals surface area (Å²) < 4.78 is 1.67. The number of nitrogens with one attached hydrogen (secondary N) is 1. The Morgan fingerprint density at radius 3 is 2.77 bits per heavy atom. The van der Waals surface area contributed by atoms with E-state index in [1.165, 1.54) is 11.9 Å². The summed E-state index contributed by atoms with van der Waals surface area (Å²) in [6.07, 6.45) is 4.36. The number of para-hydroxylation sites is 1. The van der Waals surface area contributed by atoms with Gasteiger partial charge in [-0.15, -0.1) is 0 Å². The van der Waals surface area contributed by atoms with E-state index in [-0.39, 0.29) is 17.8 Å². The molecule has 0 radical (unpaired) electrons. The first kappa shape index (κ1) is 17.1. The summed E-state index contributed by atoms with van der Waals surface area (Å²) in [5.74, 6) is -0.609. The van der Waals surface area contributed by atoms with Gasteiger partial charge in [-0.05, 0) is 12.1 Å². The van der Waals surface area contributed by atoms with Gasteiger partial charge < -0.3 is 9.88 Å². The average molecular weight is 353 g/mol. The molecule has 0 atom stereocenters. The highest BCUT2D eigenvalue weighted by atomic mass is 16.6. The molecule has 0 saturated heterocycles. The molecule has 0 saturated carbocycles. The van der Waals surface area contributed by atoms with Crippen LogP contribution in [0.5, 0.6) is 0 Å². The zero-order valence-electron chi connectivity index (χ0n) is 13.8. The van der Waals surface area contributed by atoms with Crippen molar-refractivity contribution < 1.29 is 9.72 Å². The molecule has 3 rings (SSSR count). The Morgan fingerprint density at radius 1 is 1.35 bits per heavy atom. The molecule has 2 aromatic heterocycles. The Morgan fingerprint density at radius 2 is 2.08 bits per heavy atom. The summed E-state index contributed by atoms with van der Waals surface area (Å²) >= 11 is 0. The first-order valence-electron chi connectivity index (χ1n) is 7.67. The molecule has 0 fully saturated rings. The molecular formula is C17H15N5O4. The fraction of sp³-hybridized carbons (Fsp3) is 0.118. The number of carbonyl (C=O) groups is 1. The molecule has 1 N–H and O–H groups in total. The first-order chi connectivity index (χ1) is 12.5. The second-order valence-electron chi connectivity index (χ2n) is 5.65. The van der Waals surface area contributed by atoms with Crippen LogP contribution in [0.2, 0.25) is 0 Å². The summed E-state index contributed by atoms with van der Waals surface area (Å²) in [5.41, 5.74) is 0.331. The summed E-state index contributed by atoms with van der Waals surface area (Å²) in [4.78, 5) is 38.0. The van der Waals surface area contributed by atoms with Crippen LogP contribution in [0.3, 0.4) is 0 Å². The predicted molar refractivity (Wildman–Crippen MR) is 93.1 cm³/mol. The van der Waals surface area contributed by atoms with Crippen LogP contribution < -0.4 is 5.56 Å². The van der Waals surface area contributed by atoms with Crippen LogP contribution >= 0.6 is 0 Å². The van der Waals surface area contributed by atoms with Crippen molar-refractivity contribution in [2.24, 2.45) is 0 Å². The fourth-order valence-electron chi connectivity index (χ4n) is 2.45. The SMILES string of the molecule is CN(Cc1cnn(-c2ccccc2)c1)C(=O)c1cc([N+](=O)[O-])c[nH]c1=O. The van der Waals surface area contributed by atoms with E-state index in [1.807, 2.05) is 30.3 Å². The Balaban J connectivity index is 1.78. The number of nitrogens with zero attached hydrogens (tertiary/aromatic N) is 4. The smallest absolute Gasteiger partial charge is 0.286 e. The lowest BCUT2D eigenvalue weighted by atomic mass is 10.2. The normalized spacial score (nSPS) is 10.5. The monoisotopic (exact) mass is 353 g/mol. The maximum absolute atomic E-state index is 12.5. The molecular weight excluding hydrogens is 338 g/mol. The maximum atomic E-state index is 12.5. The highest BCUT2D eigenvalue weighted by Gasteiger charge is 2.20. The van der Waals surface area contributed by atoms with Gasteiger partial charge in [0, 0.05) is 31.4 Å². The van der Waals surface area contributed by atoms with E-state index in [0.29, 0.717) is 0 Å². The minimum absolute atomic E-state index is 0.202. The highest BCUT2D eigenvalue weighted by Crippen LogP contribution is 2.12. The van der Waals surface area contributed by atoms with E-state index in [2.05, 4.69) is 10.1 Å². The van der Waals surface area contributed by atoms with Crippen LogP contribution in [-0.4, -0.2) is 37.5 Å². The zero-order chi connectivity index (χ0) is 18.7. The third-order valence-electron chi connectivity index (χ3n) is 3.75. The summed E-state index contributed by atoms with van der Waals surface area (Å²) in [6, 6.07) is 10.5. The molecule has 0 spiro atoms. The Hall–Kier alpha value is -3.75. The minimum atomic E-state index is -0.674. The van der Waals surface area contributed by atoms with Gasteiger partial charge in [0.05, 0.1) is 23.0 Å². The maximum Gasteiger partial charge on any atom is 0.286 e. The van der Waals surface area contributed by atoms with Crippen molar-refractivity contribution >= 4 is 11.6 Å². The van der Waals surface area contributed by atoms with Gasteiger partial charge in [-0.25, -0.2) is 4.68 Å². The van der Waals surface area contributed by atoms with Gasteiger partial charge in [0.15, 0.2) is 0 Å². The Labute approximate surface area is 147 Å². The number of hydrogen-bond acceptors (Lipinski definition) is 5. The molecule has 3 aromatic rings. The van der Waals surface area contributed by atoms with Gasteiger partial charge >= 0.3 is 0 Å². The number of H-pyrrole nitrogens is 1. The van der Waals surface area contributed by atoms with Gasteiger partial charge in [-0.2, -0.15) is 5.10 Å². The Kier molecular flexibility index (Phi) is 4.61. The van der Waals surface area contributed by atoms with Crippen molar-refractivity contribution in [1.29, 1.82) is 0 Å². The number of aromatic amines is 1. The fourth-order valence-corrected chi connectivity index (χ4v) is 2.45. The van der Waals surface area contributed by atoms with Crippen LogP contribution in [0.15, 0.2) is 59.8 Å². The quantitative estimate of drug-likeness (QED) is 0.554. The molecule has 0 unspecified atom stereocenters. The zero-order valence-corrected chi connectivity index (χ0v) is 13.8. The molecule has 0 aliphatic rings. The van der Waals surface area contributed by atoms with Gasteiger partial charge in [-0.1, -0.05) is 18.2 Å². The van der Waals surface area contributed by atoms with E-state index in [4.69, 9.17) is 0 Å². The van der Waals surface area contributed by atoms with Gasteiger partial charge in [0.25, 0.3) is 17.2 Å². The van der Waals surface area contributed by atoms with E-state index in [0.717, 1.165) is 23.5 Å². The minimum Gasteiger partial charge on any atom is -0.337 e. The molecule has 0 aliphatic carbocycles. The third-order valence-corrected chi connectivity index (χ3v) is 3.75. The lowest BCUT2D eigenvalue weighted by molar-refractivity contribution is -0.385. The van der Waals surface area contributed by atoms with E-state index in [9.17, 15) is 19.7 Å². The first-order valence-corrected chi connectivity index (χ1v) is 7.67. The molecule has 2 heterocycles. The van der Waals surface area contributed by atoms with Crippen LogP contribution in [0.25, 0.3) is 5.69 Å². The number of benzene rings is 1. The predicted octanol–water partition coefficient (Wildman–Crippen LogP) is 1.74.